The van der Waals surface area contributed by atoms with E-state index < -0.39 is 0 Å². The van der Waals surface area contributed by atoms with Gasteiger partial charge >= 0.3 is 0 Å². The number of aryl methyl sites for hydroxylation is 2. The van der Waals surface area contributed by atoms with E-state index in [4.69, 9.17) is 13.9 Å². The average Bonchev–Trinajstić information content (AvgIpc) is 3.23. The molecule has 0 spiro atoms. The first kappa shape index (κ1) is 27.7. The Morgan fingerprint density at radius 2 is 1.67 bits per heavy atom. The van der Waals surface area contributed by atoms with Gasteiger partial charge < -0.3 is 13.9 Å². The molecule has 2 aromatic carbocycles. The summed E-state index contributed by atoms with van der Waals surface area (Å²) in [6.45, 7) is 15.2. The van der Waals surface area contributed by atoms with Gasteiger partial charge in [0.25, 0.3) is 0 Å². The van der Waals surface area contributed by atoms with Crippen molar-refractivity contribution in [2.75, 3.05) is 32.8 Å². The Hall–Kier alpha value is -2.93. The number of hydrogen-bond donors (Lipinski definition) is 0. The molecule has 0 saturated carbocycles. The molecule has 196 valence electrons. The van der Waals surface area contributed by atoms with Crippen LogP contribution in [0.2, 0.25) is 0 Å². The summed E-state index contributed by atoms with van der Waals surface area (Å²) in [5.74, 6) is 1.15. The maximum Gasteiger partial charge on any atom is 0.207 e. The van der Waals surface area contributed by atoms with Gasteiger partial charge in [0.1, 0.15) is 17.9 Å². The SMILES string of the molecule is CCCN(CCC)CCOc1c(C(C)=O)c(C)c2nc(C)oc2c1OCCC(C)c1ccc(F)cc1. The number of benzene rings is 2. The van der Waals surface area contributed by atoms with Crippen LogP contribution < -0.4 is 9.47 Å². The number of ketones is 1. The lowest BCUT2D eigenvalue weighted by Crippen LogP contribution is -2.30. The minimum absolute atomic E-state index is 0.103. The van der Waals surface area contributed by atoms with Crippen LogP contribution in [0.25, 0.3) is 11.1 Å². The van der Waals surface area contributed by atoms with Crippen molar-refractivity contribution in [3.8, 4) is 11.5 Å². The zero-order valence-electron chi connectivity index (χ0n) is 22.4. The lowest BCUT2D eigenvalue weighted by molar-refractivity contribution is 0.101. The molecule has 36 heavy (non-hydrogen) atoms. The first-order chi connectivity index (χ1) is 17.3. The maximum atomic E-state index is 13.3. The number of nitrogens with zero attached hydrogens (tertiary/aromatic N) is 2. The van der Waals surface area contributed by atoms with E-state index in [1.165, 1.54) is 19.1 Å². The second-order valence-electron chi connectivity index (χ2n) is 9.40. The van der Waals surface area contributed by atoms with Crippen LogP contribution in [0, 0.1) is 19.7 Å². The lowest BCUT2D eigenvalue weighted by atomic mass is 9.98. The van der Waals surface area contributed by atoms with E-state index in [0.717, 1.165) is 43.6 Å². The van der Waals surface area contributed by atoms with E-state index >= 15 is 0 Å². The van der Waals surface area contributed by atoms with Gasteiger partial charge in [-0.1, -0.05) is 32.9 Å². The van der Waals surface area contributed by atoms with Gasteiger partial charge in [0, 0.05) is 13.5 Å². The van der Waals surface area contributed by atoms with E-state index in [2.05, 4.69) is 30.7 Å². The first-order valence-electron chi connectivity index (χ1n) is 12.9. The molecule has 0 N–H and O–H groups in total. The van der Waals surface area contributed by atoms with Crippen LogP contribution in [-0.2, 0) is 0 Å². The number of aromatic nitrogens is 1. The zero-order chi connectivity index (χ0) is 26.2. The number of rotatable bonds is 14. The van der Waals surface area contributed by atoms with E-state index in [1.807, 2.05) is 6.92 Å². The third-order valence-electron chi connectivity index (χ3n) is 6.43. The Morgan fingerprint density at radius 3 is 2.28 bits per heavy atom. The van der Waals surface area contributed by atoms with Crippen LogP contribution in [-0.4, -0.2) is 48.5 Å². The summed E-state index contributed by atoms with van der Waals surface area (Å²) >= 11 is 0. The summed E-state index contributed by atoms with van der Waals surface area (Å²) in [6, 6.07) is 6.53. The highest BCUT2D eigenvalue weighted by atomic mass is 19.1. The Bertz CT molecular complexity index is 1150. The molecule has 0 aliphatic heterocycles. The number of oxazole rings is 1. The average molecular weight is 499 g/mol. The van der Waals surface area contributed by atoms with Crippen molar-refractivity contribution >= 4 is 16.9 Å². The highest BCUT2D eigenvalue weighted by Gasteiger charge is 2.27. The van der Waals surface area contributed by atoms with Crippen LogP contribution in [0.3, 0.4) is 0 Å². The minimum Gasteiger partial charge on any atom is -0.487 e. The lowest BCUT2D eigenvalue weighted by Gasteiger charge is -2.23. The molecule has 0 radical (unpaired) electrons. The maximum absolute atomic E-state index is 13.3. The van der Waals surface area contributed by atoms with E-state index in [1.54, 1.807) is 19.1 Å². The molecule has 0 fully saturated rings. The Balaban J connectivity index is 1.88. The fourth-order valence-corrected chi connectivity index (χ4v) is 4.57. The van der Waals surface area contributed by atoms with Gasteiger partial charge in [0.05, 0.1) is 12.2 Å². The standard InChI is InChI=1S/C29H39FN2O4/c1-7-14-32(15-8-2)16-18-35-27-25(21(5)33)20(4)26-28(36-22(6)31-26)29(27)34-17-13-19(3)23-9-11-24(30)12-10-23/h9-12,19H,7-8,13-18H2,1-6H3. The van der Waals surface area contributed by atoms with Crippen molar-refractivity contribution in [3.05, 3.63) is 52.7 Å². The van der Waals surface area contributed by atoms with Gasteiger partial charge in [-0.05, 0) is 75.4 Å². The third kappa shape index (κ3) is 6.64. The molecule has 1 heterocycles. The molecular weight excluding hydrogens is 459 g/mol. The molecule has 3 aromatic rings. The monoisotopic (exact) mass is 498 g/mol. The Morgan fingerprint density at radius 1 is 1.03 bits per heavy atom. The van der Waals surface area contributed by atoms with Crippen LogP contribution in [0.1, 0.15) is 80.3 Å². The number of hydrogen-bond acceptors (Lipinski definition) is 6. The number of halogens is 1. The molecule has 3 rings (SSSR count). The van der Waals surface area contributed by atoms with Crippen molar-refractivity contribution in [2.45, 2.75) is 66.7 Å². The molecule has 7 heteroatoms. The van der Waals surface area contributed by atoms with Crippen molar-refractivity contribution in [1.29, 1.82) is 0 Å². The number of ether oxygens (including phenoxy) is 2. The van der Waals surface area contributed by atoms with Crippen LogP contribution in [0.4, 0.5) is 4.39 Å². The van der Waals surface area contributed by atoms with Gasteiger partial charge in [-0.15, -0.1) is 0 Å². The van der Waals surface area contributed by atoms with Gasteiger partial charge in [0.15, 0.2) is 17.4 Å². The van der Waals surface area contributed by atoms with Gasteiger partial charge in [-0.25, -0.2) is 9.37 Å². The minimum atomic E-state index is -0.250. The zero-order valence-corrected chi connectivity index (χ0v) is 22.4. The second-order valence-corrected chi connectivity index (χ2v) is 9.40. The predicted molar refractivity (Wildman–Crippen MR) is 141 cm³/mol. The quantitative estimate of drug-likeness (QED) is 0.226. The van der Waals surface area contributed by atoms with Crippen molar-refractivity contribution in [2.24, 2.45) is 0 Å². The van der Waals surface area contributed by atoms with Crippen LogP contribution in [0.5, 0.6) is 11.5 Å². The molecule has 0 bridgehead atoms. The normalized spacial score (nSPS) is 12.3. The van der Waals surface area contributed by atoms with E-state index in [9.17, 15) is 9.18 Å². The van der Waals surface area contributed by atoms with Crippen molar-refractivity contribution < 1.29 is 23.1 Å². The predicted octanol–water partition coefficient (Wildman–Crippen LogP) is 6.86. The van der Waals surface area contributed by atoms with E-state index in [0.29, 0.717) is 53.7 Å². The Labute approximate surface area is 213 Å². The van der Waals surface area contributed by atoms with Crippen molar-refractivity contribution in [3.63, 3.8) is 0 Å². The molecular formula is C29H39FN2O4. The van der Waals surface area contributed by atoms with E-state index in [-0.39, 0.29) is 17.5 Å². The fraction of sp³-hybridized carbons (Fsp3) is 0.517. The highest BCUT2D eigenvalue weighted by molar-refractivity contribution is 6.05. The topological polar surface area (TPSA) is 64.8 Å². The number of fused-ring (bicyclic) bond motifs is 1. The number of Topliss-reactive ketones (excluding diaryl/α,β-unsaturated/α-hetero) is 1. The van der Waals surface area contributed by atoms with Crippen molar-refractivity contribution in [1.82, 2.24) is 9.88 Å². The Kier molecular flexibility index (Phi) is 9.88. The summed E-state index contributed by atoms with van der Waals surface area (Å²) in [4.78, 5) is 19.6. The molecule has 0 saturated heterocycles. The smallest absolute Gasteiger partial charge is 0.207 e. The summed E-state index contributed by atoms with van der Waals surface area (Å²) in [7, 11) is 0. The second kappa shape index (κ2) is 12.9. The molecule has 0 amide bonds. The fourth-order valence-electron chi connectivity index (χ4n) is 4.57. The molecule has 1 atom stereocenters. The molecule has 0 aliphatic carbocycles. The molecule has 6 nitrogen and oxygen atoms in total. The van der Waals surface area contributed by atoms with Crippen LogP contribution in [0.15, 0.2) is 28.7 Å². The summed E-state index contributed by atoms with van der Waals surface area (Å²) < 4.78 is 31.8. The molecule has 0 aliphatic rings. The molecule has 1 aromatic heterocycles. The number of carbonyl (C=O) groups excluding carboxylic acids is 1. The summed E-state index contributed by atoms with van der Waals surface area (Å²) in [5.41, 5.74) is 3.37. The van der Waals surface area contributed by atoms with Gasteiger partial charge in [-0.3, -0.25) is 9.69 Å². The number of carbonyl (C=O) groups is 1. The van der Waals surface area contributed by atoms with Gasteiger partial charge in [0.2, 0.25) is 11.3 Å². The largest absolute Gasteiger partial charge is 0.487 e. The highest BCUT2D eigenvalue weighted by Crippen LogP contribution is 2.42. The first-order valence-corrected chi connectivity index (χ1v) is 12.9. The third-order valence-corrected chi connectivity index (χ3v) is 6.43. The van der Waals surface area contributed by atoms with Crippen LogP contribution >= 0.6 is 0 Å². The molecule has 1 unspecified atom stereocenters. The van der Waals surface area contributed by atoms with Gasteiger partial charge in [-0.2, -0.15) is 0 Å². The summed E-state index contributed by atoms with van der Waals surface area (Å²) in [5, 5.41) is 0. The summed E-state index contributed by atoms with van der Waals surface area (Å²) in [6.07, 6.45) is 2.84.